The summed E-state index contributed by atoms with van der Waals surface area (Å²) in [6.45, 7) is 3.63. The molecule has 0 aliphatic carbocycles. The van der Waals surface area contributed by atoms with Gasteiger partial charge in [-0.25, -0.2) is 4.57 Å². The highest BCUT2D eigenvalue weighted by Crippen LogP contribution is 2.43. The van der Waals surface area contributed by atoms with Crippen molar-refractivity contribution in [3.05, 3.63) is 85.1 Å². The summed E-state index contributed by atoms with van der Waals surface area (Å²) in [5, 5.41) is 0. The van der Waals surface area contributed by atoms with Crippen molar-refractivity contribution < 1.29 is 37.6 Å². The maximum Gasteiger partial charge on any atom is 0.472 e. The lowest BCUT2D eigenvalue weighted by Gasteiger charge is -2.19. The molecule has 0 spiro atoms. The topological polar surface area (TPSA) is 134 Å². The van der Waals surface area contributed by atoms with Crippen LogP contribution < -0.4 is 5.73 Å². The Labute approximate surface area is 462 Å². The third-order valence-corrected chi connectivity index (χ3v) is 14.2. The molecule has 9 nitrogen and oxygen atoms in total. The second-order valence-electron chi connectivity index (χ2n) is 20.5. The Morgan fingerprint density at radius 3 is 1.09 bits per heavy atom. The molecule has 0 aromatic carbocycles. The Morgan fingerprint density at radius 2 is 0.733 bits per heavy atom. The molecule has 0 saturated carbocycles. The van der Waals surface area contributed by atoms with E-state index in [0.29, 0.717) is 6.42 Å². The monoisotopic (exact) mass is 1070 g/mol. The van der Waals surface area contributed by atoms with Crippen LogP contribution >= 0.6 is 7.82 Å². The molecule has 0 fully saturated rings. The van der Waals surface area contributed by atoms with Crippen molar-refractivity contribution in [1.82, 2.24) is 0 Å². The minimum atomic E-state index is -4.39. The SMILES string of the molecule is CC/C=C\C/C=C\C/C=C\C/C=C\C/C=C\CCCCCCCCCCCCCCCCCCCCCC(=O)OC(COC(=O)CCCCCCCCCCC/C=C\C/C=C\CCCCC)COP(=O)(O)OCCN. The summed E-state index contributed by atoms with van der Waals surface area (Å²) in [5.41, 5.74) is 5.39. The lowest BCUT2D eigenvalue weighted by Crippen LogP contribution is -2.29. The van der Waals surface area contributed by atoms with Crippen molar-refractivity contribution in [2.24, 2.45) is 5.73 Å². The number of ether oxygens (including phenoxy) is 2. The number of carbonyl (C=O) groups is 2. The maximum absolute atomic E-state index is 12.7. The second kappa shape index (κ2) is 60.4. The van der Waals surface area contributed by atoms with Crippen LogP contribution in [0.5, 0.6) is 0 Å². The van der Waals surface area contributed by atoms with Crippen molar-refractivity contribution in [3.63, 3.8) is 0 Å². The van der Waals surface area contributed by atoms with Gasteiger partial charge in [0.25, 0.3) is 0 Å². The zero-order valence-electron chi connectivity index (χ0n) is 48.5. The lowest BCUT2D eigenvalue weighted by atomic mass is 10.0. The number of nitrogens with two attached hydrogens (primary N) is 1. The number of rotatable bonds is 58. The van der Waals surface area contributed by atoms with Gasteiger partial charge in [0, 0.05) is 19.4 Å². The smallest absolute Gasteiger partial charge is 0.462 e. The molecule has 0 aromatic heterocycles. The van der Waals surface area contributed by atoms with Crippen molar-refractivity contribution in [2.45, 2.75) is 290 Å². The Morgan fingerprint density at radius 1 is 0.413 bits per heavy atom. The van der Waals surface area contributed by atoms with Gasteiger partial charge in [-0.05, 0) is 89.9 Å². The van der Waals surface area contributed by atoms with Crippen molar-refractivity contribution >= 4 is 19.8 Å². The van der Waals surface area contributed by atoms with E-state index in [1.54, 1.807) is 0 Å². The predicted octanol–water partition coefficient (Wildman–Crippen LogP) is 19.9. The molecule has 0 heterocycles. The standard InChI is InChI=1S/C65H116NO8P/c1-3-5-7-9-11-13-15-17-19-21-23-24-25-26-27-28-29-30-31-32-33-34-35-36-37-38-40-42-44-46-48-50-52-54-56-58-65(68)74-63(62-73-75(69,70)72-60-59-66)61-71-64(67)57-55-53-51-49-47-45-43-41-39-22-20-18-16-14-12-10-8-6-4-2/h5,7,11-14,17-20,23-24,26-27,63H,3-4,6,8-10,15-16,21-22,25,28-62,66H2,1-2H3,(H,69,70)/b7-5-,13-11-,14-12-,19-17-,20-18-,24-23-,27-26-. The normalized spacial score (nSPS) is 13.6. The number of allylic oxidation sites excluding steroid dienone is 14. The molecule has 0 aliphatic heterocycles. The molecule has 75 heavy (non-hydrogen) atoms. The van der Waals surface area contributed by atoms with Gasteiger partial charge in [-0.15, -0.1) is 0 Å². The van der Waals surface area contributed by atoms with Gasteiger partial charge in [0.05, 0.1) is 13.2 Å². The predicted molar refractivity (Wildman–Crippen MR) is 321 cm³/mol. The van der Waals surface area contributed by atoms with Gasteiger partial charge in [0.2, 0.25) is 0 Å². The van der Waals surface area contributed by atoms with Gasteiger partial charge in [-0.1, -0.05) is 266 Å². The molecule has 0 bridgehead atoms. The first-order chi connectivity index (χ1) is 36.8. The van der Waals surface area contributed by atoms with E-state index < -0.39 is 26.5 Å². The quantitative estimate of drug-likeness (QED) is 0.0264. The van der Waals surface area contributed by atoms with Crippen LogP contribution in [0, 0.1) is 0 Å². The number of carbonyl (C=O) groups excluding carboxylic acids is 2. The van der Waals surface area contributed by atoms with E-state index in [2.05, 4.69) is 98.9 Å². The van der Waals surface area contributed by atoms with Crippen LogP contribution in [0.1, 0.15) is 284 Å². The third kappa shape index (κ3) is 60.3. The summed E-state index contributed by atoms with van der Waals surface area (Å²) in [6.07, 6.45) is 79.4. The van der Waals surface area contributed by atoms with Crippen LogP contribution in [0.4, 0.5) is 0 Å². The van der Waals surface area contributed by atoms with Gasteiger partial charge < -0.3 is 20.1 Å². The number of phosphoric acid groups is 1. The number of esters is 2. The van der Waals surface area contributed by atoms with Crippen molar-refractivity contribution in [3.8, 4) is 0 Å². The fraction of sp³-hybridized carbons (Fsp3) is 0.754. The van der Waals surface area contributed by atoms with E-state index in [1.165, 1.54) is 173 Å². The summed E-state index contributed by atoms with van der Waals surface area (Å²) in [5.74, 6) is -0.824. The van der Waals surface area contributed by atoms with Crippen LogP contribution in [0.2, 0.25) is 0 Å². The third-order valence-electron chi connectivity index (χ3n) is 13.3. The molecule has 3 N–H and O–H groups in total. The molecule has 2 unspecified atom stereocenters. The van der Waals surface area contributed by atoms with Gasteiger partial charge >= 0.3 is 19.8 Å². The summed E-state index contributed by atoms with van der Waals surface area (Å²) in [4.78, 5) is 35.2. The van der Waals surface area contributed by atoms with Crippen LogP contribution in [0.3, 0.4) is 0 Å². The molecule has 2 atom stereocenters. The molecule has 0 aromatic rings. The lowest BCUT2D eigenvalue weighted by molar-refractivity contribution is -0.161. The average Bonchev–Trinajstić information content (AvgIpc) is 3.40. The Balaban J connectivity index is 3.88. The van der Waals surface area contributed by atoms with Crippen LogP contribution in [-0.4, -0.2) is 49.3 Å². The van der Waals surface area contributed by atoms with Crippen LogP contribution in [-0.2, 0) is 32.7 Å². The Hall–Kier alpha value is -2.81. The summed E-state index contributed by atoms with van der Waals surface area (Å²) in [6, 6.07) is 0. The first kappa shape index (κ1) is 72.2. The largest absolute Gasteiger partial charge is 0.472 e. The minimum Gasteiger partial charge on any atom is -0.462 e. The zero-order valence-corrected chi connectivity index (χ0v) is 49.4. The Bertz CT molecular complexity index is 1500. The molecule has 0 saturated heterocycles. The first-order valence-corrected chi connectivity index (χ1v) is 32.6. The highest BCUT2D eigenvalue weighted by molar-refractivity contribution is 7.47. The van der Waals surface area contributed by atoms with Gasteiger partial charge in [0.1, 0.15) is 6.61 Å². The molecule has 10 heteroatoms. The van der Waals surface area contributed by atoms with Crippen LogP contribution in [0.25, 0.3) is 0 Å². The van der Waals surface area contributed by atoms with E-state index in [9.17, 15) is 19.0 Å². The molecule has 0 aliphatic rings. The van der Waals surface area contributed by atoms with E-state index in [1.807, 2.05) is 0 Å². The van der Waals surface area contributed by atoms with Gasteiger partial charge in [-0.3, -0.25) is 18.6 Å². The molecular weight excluding hydrogens is 954 g/mol. The molecule has 0 radical (unpaired) electrons. The number of phosphoric ester groups is 1. The molecule has 0 amide bonds. The van der Waals surface area contributed by atoms with Gasteiger partial charge in [0.15, 0.2) is 6.10 Å². The maximum atomic E-state index is 12.7. The Kier molecular flexibility index (Phi) is 58.2. The fourth-order valence-electron chi connectivity index (χ4n) is 8.69. The zero-order chi connectivity index (χ0) is 54.5. The first-order valence-electron chi connectivity index (χ1n) is 31.1. The van der Waals surface area contributed by atoms with Crippen molar-refractivity contribution in [1.29, 1.82) is 0 Å². The van der Waals surface area contributed by atoms with Crippen LogP contribution in [0.15, 0.2) is 85.1 Å². The fourth-order valence-corrected chi connectivity index (χ4v) is 9.46. The molecule has 0 rings (SSSR count). The highest BCUT2D eigenvalue weighted by Gasteiger charge is 2.26. The number of hydrogen-bond donors (Lipinski definition) is 2. The molecular formula is C65H116NO8P. The minimum absolute atomic E-state index is 0.0515. The highest BCUT2D eigenvalue weighted by atomic mass is 31.2. The second-order valence-corrected chi connectivity index (χ2v) is 22.0. The summed E-state index contributed by atoms with van der Waals surface area (Å²) < 4.78 is 33.1. The van der Waals surface area contributed by atoms with E-state index in [0.717, 1.165) is 77.0 Å². The average molecular weight is 1070 g/mol. The summed E-state index contributed by atoms with van der Waals surface area (Å²) in [7, 11) is -4.39. The molecule has 434 valence electrons. The van der Waals surface area contributed by atoms with E-state index in [4.69, 9.17) is 24.3 Å². The van der Waals surface area contributed by atoms with Crippen molar-refractivity contribution in [2.75, 3.05) is 26.4 Å². The summed E-state index contributed by atoms with van der Waals surface area (Å²) >= 11 is 0. The number of hydrogen-bond acceptors (Lipinski definition) is 8. The van der Waals surface area contributed by atoms with Gasteiger partial charge in [-0.2, -0.15) is 0 Å². The van der Waals surface area contributed by atoms with E-state index in [-0.39, 0.29) is 38.6 Å². The number of unbranched alkanes of at least 4 members (excludes halogenated alkanes) is 31. The van der Waals surface area contributed by atoms with E-state index >= 15 is 0 Å².